The number of piperazine rings is 1. The molecule has 0 saturated carbocycles. The van der Waals surface area contributed by atoms with Crippen LogP contribution in [0, 0.1) is 0 Å². The van der Waals surface area contributed by atoms with Gasteiger partial charge in [-0.25, -0.2) is 9.59 Å². The van der Waals surface area contributed by atoms with Crippen molar-refractivity contribution in [1.82, 2.24) is 9.80 Å². The smallest absolute Gasteiger partial charge is 0.410 e. The van der Waals surface area contributed by atoms with Crippen molar-refractivity contribution in [3.8, 4) is 0 Å². The van der Waals surface area contributed by atoms with Gasteiger partial charge in [-0.3, -0.25) is 4.79 Å². The first-order chi connectivity index (χ1) is 11.0. The van der Waals surface area contributed by atoms with E-state index in [-0.39, 0.29) is 12.3 Å². The van der Waals surface area contributed by atoms with Crippen LogP contribution in [-0.4, -0.2) is 65.2 Å². The summed E-state index contributed by atoms with van der Waals surface area (Å²) in [5, 5.41) is 9.25. The summed E-state index contributed by atoms with van der Waals surface area (Å²) in [6, 6.07) is 9.01. The molecule has 0 radical (unpaired) electrons. The Balaban J connectivity index is 1.91. The highest BCUT2D eigenvalue weighted by atomic mass is 16.6. The minimum Gasteiger partial charge on any atom is -0.478 e. The second-order valence-corrected chi connectivity index (χ2v) is 5.39. The van der Waals surface area contributed by atoms with Gasteiger partial charge in [0.2, 0.25) is 12.0 Å². The van der Waals surface area contributed by atoms with Crippen molar-refractivity contribution in [2.45, 2.75) is 19.4 Å². The van der Waals surface area contributed by atoms with Crippen LogP contribution in [0.2, 0.25) is 0 Å². The van der Waals surface area contributed by atoms with Crippen molar-refractivity contribution in [1.29, 1.82) is 0 Å². The maximum Gasteiger partial charge on any atom is 0.410 e. The van der Waals surface area contributed by atoms with Crippen LogP contribution in [0.25, 0.3) is 0 Å². The Labute approximate surface area is 134 Å². The molecule has 7 nitrogen and oxygen atoms in total. The van der Waals surface area contributed by atoms with Gasteiger partial charge in [-0.15, -0.1) is 0 Å². The average Bonchev–Trinajstić information content (AvgIpc) is 2.55. The molecule has 2 amide bonds. The molecule has 1 heterocycles. The largest absolute Gasteiger partial charge is 0.478 e. The lowest BCUT2D eigenvalue weighted by Crippen LogP contribution is -2.51. The number of carboxylic acid groups (broad SMARTS) is 1. The number of carboxylic acids is 1. The first-order valence-corrected chi connectivity index (χ1v) is 7.45. The number of ether oxygens (including phenoxy) is 1. The number of amides is 2. The van der Waals surface area contributed by atoms with Crippen molar-refractivity contribution in [2.24, 2.45) is 0 Å². The lowest BCUT2D eigenvalue weighted by molar-refractivity contribution is -0.147. The van der Waals surface area contributed by atoms with E-state index in [9.17, 15) is 19.5 Å². The average molecular weight is 320 g/mol. The molecule has 1 fully saturated rings. The predicted octanol–water partition coefficient (Wildman–Crippen LogP) is 0.983. The van der Waals surface area contributed by atoms with Crippen LogP contribution < -0.4 is 0 Å². The van der Waals surface area contributed by atoms with Crippen LogP contribution >= 0.6 is 0 Å². The SMILES string of the molecule is CC(=O)N1CCN(C(=O)OC(Cc2ccccc2)C(=O)O)CC1. The first kappa shape index (κ1) is 16.8. The van der Waals surface area contributed by atoms with Gasteiger partial charge in [-0.1, -0.05) is 30.3 Å². The minimum absolute atomic E-state index is 0.0366. The van der Waals surface area contributed by atoms with Crippen LogP contribution in [0.1, 0.15) is 12.5 Å². The van der Waals surface area contributed by atoms with Crippen LogP contribution in [-0.2, 0) is 20.7 Å². The summed E-state index contributed by atoms with van der Waals surface area (Å²) in [5.41, 5.74) is 0.786. The molecule has 1 atom stereocenters. The van der Waals surface area contributed by atoms with Crippen molar-refractivity contribution < 1.29 is 24.2 Å². The Kier molecular flexibility index (Phi) is 5.56. The molecule has 1 aliphatic heterocycles. The molecule has 23 heavy (non-hydrogen) atoms. The predicted molar refractivity (Wildman–Crippen MR) is 81.9 cm³/mol. The van der Waals surface area contributed by atoms with Crippen molar-refractivity contribution in [3.05, 3.63) is 35.9 Å². The molecule has 0 aliphatic carbocycles. The maximum atomic E-state index is 12.1. The summed E-state index contributed by atoms with van der Waals surface area (Å²) < 4.78 is 5.14. The van der Waals surface area contributed by atoms with Gasteiger partial charge in [0.15, 0.2) is 0 Å². The van der Waals surface area contributed by atoms with E-state index in [4.69, 9.17) is 4.74 Å². The molecule has 1 saturated heterocycles. The second kappa shape index (κ2) is 7.62. The molecule has 0 spiro atoms. The lowest BCUT2D eigenvalue weighted by Gasteiger charge is -2.34. The molecule has 1 unspecified atom stereocenters. The Morgan fingerprint density at radius 2 is 1.65 bits per heavy atom. The van der Waals surface area contributed by atoms with Crippen LogP contribution in [0.5, 0.6) is 0 Å². The van der Waals surface area contributed by atoms with Gasteiger partial charge >= 0.3 is 12.1 Å². The fourth-order valence-electron chi connectivity index (χ4n) is 2.41. The normalized spacial score (nSPS) is 15.9. The van der Waals surface area contributed by atoms with Crippen LogP contribution in [0.3, 0.4) is 0 Å². The highest BCUT2D eigenvalue weighted by Gasteiger charge is 2.28. The third-order valence-corrected chi connectivity index (χ3v) is 3.77. The molecule has 0 bridgehead atoms. The molecule has 2 rings (SSSR count). The third-order valence-electron chi connectivity index (χ3n) is 3.77. The van der Waals surface area contributed by atoms with E-state index in [0.29, 0.717) is 26.2 Å². The number of hydrogen-bond acceptors (Lipinski definition) is 4. The minimum atomic E-state index is -1.23. The van der Waals surface area contributed by atoms with Gasteiger partial charge in [-0.2, -0.15) is 0 Å². The standard InChI is InChI=1S/C16H20N2O5/c1-12(19)17-7-9-18(10-8-17)16(22)23-14(15(20)21)11-13-5-3-2-4-6-13/h2-6,14H,7-11H2,1H3,(H,20,21). The number of rotatable bonds is 4. The fraction of sp³-hybridized carbons (Fsp3) is 0.438. The topological polar surface area (TPSA) is 87.2 Å². The maximum absolute atomic E-state index is 12.1. The van der Waals surface area contributed by atoms with Crippen LogP contribution in [0.15, 0.2) is 30.3 Å². The summed E-state index contributed by atoms with van der Waals surface area (Å²) in [4.78, 5) is 37.8. The number of nitrogens with zero attached hydrogens (tertiary/aromatic N) is 2. The summed E-state index contributed by atoms with van der Waals surface area (Å²) in [6.45, 7) is 3.03. The van der Waals surface area contributed by atoms with Gasteiger partial charge in [0, 0.05) is 39.5 Å². The van der Waals surface area contributed by atoms with Gasteiger partial charge in [0.05, 0.1) is 0 Å². The Bertz CT molecular complexity index is 567. The zero-order chi connectivity index (χ0) is 16.8. The van der Waals surface area contributed by atoms with Crippen molar-refractivity contribution >= 4 is 18.0 Å². The number of carbonyl (C=O) groups excluding carboxylic acids is 2. The summed E-state index contributed by atoms with van der Waals surface area (Å²) >= 11 is 0. The molecule has 1 aromatic carbocycles. The van der Waals surface area contributed by atoms with Crippen molar-refractivity contribution in [3.63, 3.8) is 0 Å². The number of aliphatic carboxylic acids is 1. The number of hydrogen-bond donors (Lipinski definition) is 1. The zero-order valence-electron chi connectivity index (χ0n) is 13.0. The first-order valence-electron chi connectivity index (χ1n) is 7.45. The second-order valence-electron chi connectivity index (χ2n) is 5.39. The molecule has 124 valence electrons. The lowest BCUT2D eigenvalue weighted by atomic mass is 10.1. The molecule has 7 heteroatoms. The Morgan fingerprint density at radius 1 is 1.09 bits per heavy atom. The van der Waals surface area contributed by atoms with E-state index in [2.05, 4.69) is 0 Å². The Hall–Kier alpha value is -2.57. The molecular formula is C16H20N2O5. The van der Waals surface area contributed by atoms with Gasteiger partial charge in [0.25, 0.3) is 0 Å². The van der Waals surface area contributed by atoms with Gasteiger partial charge in [0.1, 0.15) is 0 Å². The Morgan fingerprint density at radius 3 is 2.17 bits per heavy atom. The number of carbonyl (C=O) groups is 3. The number of benzene rings is 1. The van der Waals surface area contributed by atoms with E-state index in [0.717, 1.165) is 5.56 Å². The van der Waals surface area contributed by atoms with E-state index in [1.807, 2.05) is 6.07 Å². The summed E-state index contributed by atoms with van der Waals surface area (Å²) in [5.74, 6) is -1.21. The van der Waals surface area contributed by atoms with E-state index < -0.39 is 18.2 Å². The third kappa shape index (κ3) is 4.70. The zero-order valence-corrected chi connectivity index (χ0v) is 13.0. The molecular weight excluding hydrogens is 300 g/mol. The van der Waals surface area contributed by atoms with E-state index in [1.54, 1.807) is 29.2 Å². The quantitative estimate of drug-likeness (QED) is 0.893. The van der Waals surface area contributed by atoms with Crippen molar-refractivity contribution in [2.75, 3.05) is 26.2 Å². The summed E-state index contributed by atoms with van der Waals surface area (Å²) in [6.07, 6.45) is -1.76. The molecule has 0 aromatic heterocycles. The summed E-state index contributed by atoms with van der Waals surface area (Å²) in [7, 11) is 0. The molecule has 1 N–H and O–H groups in total. The highest BCUT2D eigenvalue weighted by Crippen LogP contribution is 2.10. The fourth-order valence-corrected chi connectivity index (χ4v) is 2.41. The molecule has 1 aromatic rings. The molecule has 1 aliphatic rings. The van der Waals surface area contributed by atoms with E-state index >= 15 is 0 Å². The van der Waals surface area contributed by atoms with Gasteiger partial charge in [-0.05, 0) is 5.56 Å². The monoisotopic (exact) mass is 320 g/mol. The van der Waals surface area contributed by atoms with E-state index in [1.165, 1.54) is 11.8 Å². The van der Waals surface area contributed by atoms with Gasteiger partial charge < -0.3 is 19.6 Å². The van der Waals surface area contributed by atoms with Crippen LogP contribution in [0.4, 0.5) is 4.79 Å². The highest BCUT2D eigenvalue weighted by molar-refractivity contribution is 5.78.